The molecule has 3 amide bonds. The molecule has 2 aromatic rings. The average molecular weight is 441 g/mol. The Labute approximate surface area is 184 Å². The number of amides is 3. The van der Waals surface area contributed by atoms with Gasteiger partial charge in [-0.15, -0.1) is 0 Å². The number of halogens is 1. The summed E-state index contributed by atoms with van der Waals surface area (Å²) in [6.45, 7) is 3.66. The number of hydrogen-bond donors (Lipinski definition) is 1. The summed E-state index contributed by atoms with van der Waals surface area (Å²) >= 11 is 6.20. The Balaban J connectivity index is 1.73. The highest BCUT2D eigenvalue weighted by Gasteiger charge is 2.38. The molecule has 1 N–H and O–H groups in total. The van der Waals surface area contributed by atoms with Crippen LogP contribution in [-0.2, 0) is 25.7 Å². The van der Waals surface area contributed by atoms with Crippen molar-refractivity contribution in [1.29, 1.82) is 0 Å². The second-order valence-corrected chi connectivity index (χ2v) is 7.35. The summed E-state index contributed by atoms with van der Waals surface area (Å²) in [5.74, 6) is -1.72. The van der Waals surface area contributed by atoms with Gasteiger partial charge in [0.25, 0.3) is 11.8 Å². The third kappa shape index (κ3) is 5.00. The lowest BCUT2D eigenvalue weighted by Crippen LogP contribution is -2.30. The molecule has 0 unspecified atom stereocenters. The van der Waals surface area contributed by atoms with Crippen molar-refractivity contribution in [3.8, 4) is 0 Å². The maximum Gasteiger partial charge on any atom is 0.338 e. The molecule has 0 spiro atoms. The predicted molar refractivity (Wildman–Crippen MR) is 116 cm³/mol. The van der Waals surface area contributed by atoms with E-state index < -0.39 is 17.8 Å². The summed E-state index contributed by atoms with van der Waals surface area (Å²) in [5, 5.41) is 2.48. The van der Waals surface area contributed by atoms with E-state index in [2.05, 4.69) is 5.32 Å². The van der Waals surface area contributed by atoms with Crippen LogP contribution in [0.4, 0.5) is 5.69 Å². The van der Waals surface area contributed by atoms with Crippen LogP contribution in [-0.4, -0.2) is 35.2 Å². The van der Waals surface area contributed by atoms with Crippen molar-refractivity contribution in [2.45, 2.75) is 26.8 Å². The smallest absolute Gasteiger partial charge is 0.338 e. The molecule has 3 rings (SSSR count). The van der Waals surface area contributed by atoms with E-state index in [0.717, 1.165) is 11.3 Å². The molecule has 7 nitrogen and oxygen atoms in total. The van der Waals surface area contributed by atoms with Crippen LogP contribution in [0.5, 0.6) is 0 Å². The molecule has 160 valence electrons. The summed E-state index contributed by atoms with van der Waals surface area (Å²) in [5.41, 5.74) is 2.22. The summed E-state index contributed by atoms with van der Waals surface area (Å²) in [4.78, 5) is 49.6. The molecule has 0 aliphatic carbocycles. The van der Waals surface area contributed by atoms with E-state index in [0.29, 0.717) is 29.0 Å². The van der Waals surface area contributed by atoms with Gasteiger partial charge in [-0.25, -0.2) is 4.79 Å². The van der Waals surface area contributed by atoms with E-state index in [1.165, 1.54) is 6.92 Å². The fourth-order valence-corrected chi connectivity index (χ4v) is 3.36. The quantitative estimate of drug-likeness (QED) is 0.523. The number of nitrogens with one attached hydrogen (secondary N) is 1. The third-order valence-corrected chi connectivity index (χ3v) is 4.92. The number of carbonyl (C=O) groups excluding carboxylic acids is 4. The van der Waals surface area contributed by atoms with Crippen molar-refractivity contribution >= 4 is 46.6 Å². The normalized spacial score (nSPS) is 13.6. The minimum atomic E-state index is -0.584. The second kappa shape index (κ2) is 9.57. The molecule has 0 radical (unpaired) electrons. The van der Waals surface area contributed by atoms with Gasteiger partial charge in [0.1, 0.15) is 5.03 Å². The SMILES string of the molecule is CCCOC(=O)c1ccc(CN2C(=O)C(Cl)=C(c3ccc(NC(C)=O)cc3)C2=O)cc1. The average Bonchev–Trinajstić information content (AvgIpc) is 2.96. The van der Waals surface area contributed by atoms with Crippen molar-refractivity contribution in [2.24, 2.45) is 0 Å². The van der Waals surface area contributed by atoms with Crippen LogP contribution in [0.25, 0.3) is 5.57 Å². The molecule has 8 heteroatoms. The molecule has 0 aromatic heterocycles. The van der Waals surface area contributed by atoms with Crippen LogP contribution in [0.15, 0.2) is 53.6 Å². The molecule has 0 saturated heterocycles. The molecule has 0 fully saturated rings. The van der Waals surface area contributed by atoms with Crippen molar-refractivity contribution in [3.63, 3.8) is 0 Å². The van der Waals surface area contributed by atoms with Gasteiger partial charge in [0, 0.05) is 12.6 Å². The number of ether oxygens (including phenoxy) is 1. The van der Waals surface area contributed by atoms with Gasteiger partial charge in [-0.1, -0.05) is 42.8 Å². The van der Waals surface area contributed by atoms with E-state index in [1.807, 2.05) is 6.92 Å². The molecule has 1 aliphatic rings. The van der Waals surface area contributed by atoms with Crippen LogP contribution in [0.3, 0.4) is 0 Å². The summed E-state index contributed by atoms with van der Waals surface area (Å²) in [6, 6.07) is 13.0. The van der Waals surface area contributed by atoms with E-state index in [1.54, 1.807) is 48.5 Å². The molecule has 1 heterocycles. The minimum absolute atomic E-state index is 0.0195. The number of hydrogen-bond acceptors (Lipinski definition) is 5. The summed E-state index contributed by atoms with van der Waals surface area (Å²) in [7, 11) is 0. The monoisotopic (exact) mass is 440 g/mol. The zero-order chi connectivity index (χ0) is 22.5. The molecule has 1 aliphatic heterocycles. The Hall–Kier alpha value is -3.45. The Kier molecular flexibility index (Phi) is 6.87. The van der Waals surface area contributed by atoms with E-state index in [-0.39, 0.29) is 23.1 Å². The number of anilines is 1. The van der Waals surface area contributed by atoms with E-state index >= 15 is 0 Å². The first-order valence-electron chi connectivity index (χ1n) is 9.72. The lowest BCUT2D eigenvalue weighted by Gasteiger charge is -2.15. The van der Waals surface area contributed by atoms with E-state index in [9.17, 15) is 19.2 Å². The van der Waals surface area contributed by atoms with Crippen molar-refractivity contribution < 1.29 is 23.9 Å². The van der Waals surface area contributed by atoms with E-state index in [4.69, 9.17) is 16.3 Å². The van der Waals surface area contributed by atoms with Crippen molar-refractivity contribution in [3.05, 3.63) is 70.3 Å². The second-order valence-electron chi connectivity index (χ2n) is 6.98. The van der Waals surface area contributed by atoms with Gasteiger partial charge in [0.05, 0.1) is 24.3 Å². The maximum atomic E-state index is 12.9. The number of nitrogens with zero attached hydrogens (tertiary/aromatic N) is 1. The highest BCUT2D eigenvalue weighted by molar-refractivity contribution is 6.55. The van der Waals surface area contributed by atoms with Gasteiger partial charge < -0.3 is 10.1 Å². The highest BCUT2D eigenvalue weighted by atomic mass is 35.5. The van der Waals surface area contributed by atoms with Crippen molar-refractivity contribution in [1.82, 2.24) is 4.90 Å². The number of rotatable bonds is 7. The standard InChI is InChI=1S/C23H21ClN2O5/c1-3-12-31-23(30)17-6-4-15(5-7-17)13-26-21(28)19(20(24)22(26)29)16-8-10-18(11-9-16)25-14(2)27/h4-11H,3,12-13H2,1-2H3,(H,25,27). The van der Waals surface area contributed by atoms with Crippen molar-refractivity contribution in [2.75, 3.05) is 11.9 Å². The molecule has 0 atom stereocenters. The maximum absolute atomic E-state index is 12.9. The minimum Gasteiger partial charge on any atom is -0.462 e. The zero-order valence-electron chi connectivity index (χ0n) is 17.1. The molecular formula is C23H21ClN2O5. The zero-order valence-corrected chi connectivity index (χ0v) is 17.9. The highest BCUT2D eigenvalue weighted by Crippen LogP contribution is 2.33. The summed E-state index contributed by atoms with van der Waals surface area (Å²) < 4.78 is 5.09. The van der Waals surface area contributed by atoms with Crippen LogP contribution in [0, 0.1) is 0 Å². The molecule has 0 saturated carbocycles. The Bertz CT molecular complexity index is 1060. The van der Waals surface area contributed by atoms with Crippen LogP contribution in [0.1, 0.15) is 41.8 Å². The van der Waals surface area contributed by atoms with Gasteiger partial charge in [-0.3, -0.25) is 19.3 Å². The Morgan fingerprint density at radius 1 is 1.00 bits per heavy atom. The first-order valence-corrected chi connectivity index (χ1v) is 10.1. The number of benzene rings is 2. The lowest BCUT2D eigenvalue weighted by molar-refractivity contribution is -0.137. The van der Waals surface area contributed by atoms with Gasteiger partial charge in [-0.05, 0) is 41.8 Å². The van der Waals surface area contributed by atoms with Gasteiger partial charge >= 0.3 is 5.97 Å². The molecule has 0 bridgehead atoms. The lowest BCUT2D eigenvalue weighted by atomic mass is 10.1. The van der Waals surface area contributed by atoms with Crippen LogP contribution in [0.2, 0.25) is 0 Å². The number of imide groups is 1. The molecule has 2 aromatic carbocycles. The summed E-state index contributed by atoms with van der Waals surface area (Å²) in [6.07, 6.45) is 0.731. The Morgan fingerprint density at radius 2 is 1.65 bits per heavy atom. The number of carbonyl (C=O) groups is 4. The third-order valence-electron chi connectivity index (χ3n) is 4.57. The Morgan fingerprint density at radius 3 is 2.23 bits per heavy atom. The topological polar surface area (TPSA) is 92.8 Å². The molecule has 31 heavy (non-hydrogen) atoms. The van der Waals surface area contributed by atoms with Gasteiger partial charge in [-0.2, -0.15) is 0 Å². The fraction of sp³-hybridized carbons (Fsp3) is 0.217. The molecular weight excluding hydrogens is 420 g/mol. The predicted octanol–water partition coefficient (Wildman–Crippen LogP) is 3.73. The first kappa shape index (κ1) is 22.2. The largest absolute Gasteiger partial charge is 0.462 e. The van der Waals surface area contributed by atoms with Crippen LogP contribution < -0.4 is 5.32 Å². The fourth-order valence-electron chi connectivity index (χ4n) is 3.07. The van der Waals surface area contributed by atoms with Gasteiger partial charge in [0.15, 0.2) is 0 Å². The number of esters is 1. The first-order chi connectivity index (χ1) is 14.8. The van der Waals surface area contributed by atoms with Gasteiger partial charge in [0.2, 0.25) is 5.91 Å². The van der Waals surface area contributed by atoms with Crippen LogP contribution >= 0.6 is 11.6 Å².